The van der Waals surface area contributed by atoms with Crippen LogP contribution in [0, 0.1) is 0 Å². The molecular weight excluding hydrogens is 301 g/mol. The van der Waals surface area contributed by atoms with Crippen LogP contribution >= 0.6 is 0 Å². The lowest BCUT2D eigenvalue weighted by Gasteiger charge is -2.39. The highest BCUT2D eigenvalue weighted by molar-refractivity contribution is 5.98. The van der Waals surface area contributed by atoms with Crippen molar-refractivity contribution in [2.24, 2.45) is 5.73 Å². The molecule has 5 nitrogen and oxygen atoms in total. The van der Waals surface area contributed by atoms with E-state index in [1.54, 1.807) is 12.1 Å². The Kier molecular flexibility index (Phi) is 3.64. The highest BCUT2D eigenvalue weighted by atomic mass is 19.4. The maximum absolute atomic E-state index is 13.2. The van der Waals surface area contributed by atoms with E-state index in [2.05, 4.69) is 0 Å². The van der Waals surface area contributed by atoms with Gasteiger partial charge in [0.25, 0.3) is 5.91 Å². The number of nitrogens with zero attached hydrogens (tertiary/aromatic N) is 1. The van der Waals surface area contributed by atoms with Gasteiger partial charge in [-0.1, -0.05) is 6.07 Å². The van der Waals surface area contributed by atoms with Crippen molar-refractivity contribution in [2.45, 2.75) is 31.1 Å². The summed E-state index contributed by atoms with van der Waals surface area (Å²) in [6.45, 7) is -0.185. The first-order chi connectivity index (χ1) is 10.4. The van der Waals surface area contributed by atoms with Gasteiger partial charge in [0.15, 0.2) is 11.5 Å². The number of amides is 1. The Morgan fingerprint density at radius 3 is 2.77 bits per heavy atom. The normalized spacial score (nSPS) is 24.5. The third-order valence-corrected chi connectivity index (χ3v) is 3.88. The number of piperidine rings is 1. The molecule has 1 fully saturated rings. The second kappa shape index (κ2) is 5.35. The molecule has 1 saturated heterocycles. The Morgan fingerprint density at radius 1 is 1.27 bits per heavy atom. The van der Waals surface area contributed by atoms with Crippen molar-refractivity contribution in [3.63, 3.8) is 0 Å². The summed E-state index contributed by atoms with van der Waals surface area (Å²) in [5.41, 5.74) is 5.81. The molecule has 2 heterocycles. The van der Waals surface area contributed by atoms with Gasteiger partial charge in [-0.2, -0.15) is 13.2 Å². The number of para-hydroxylation sites is 1. The van der Waals surface area contributed by atoms with Crippen molar-refractivity contribution in [3.05, 3.63) is 23.8 Å². The Morgan fingerprint density at radius 2 is 2.05 bits per heavy atom. The first kappa shape index (κ1) is 15.0. The topological polar surface area (TPSA) is 64.8 Å². The Labute approximate surface area is 124 Å². The SMILES string of the molecule is N[C@@H]1CC[C@H](C(F)(F)F)N(C(=O)c2cccc3c2OCO3)C1. The van der Waals surface area contributed by atoms with Crippen LogP contribution in [0.25, 0.3) is 0 Å². The predicted octanol–water partition coefficient (Wildman–Crippen LogP) is 1.91. The molecule has 0 aromatic heterocycles. The van der Waals surface area contributed by atoms with E-state index in [0.29, 0.717) is 5.75 Å². The van der Waals surface area contributed by atoms with Crippen molar-refractivity contribution in [3.8, 4) is 11.5 Å². The number of alkyl halides is 3. The number of fused-ring (bicyclic) bond motifs is 1. The second-order valence-corrected chi connectivity index (χ2v) is 5.39. The van der Waals surface area contributed by atoms with Crippen molar-refractivity contribution >= 4 is 5.91 Å². The molecule has 1 amide bonds. The predicted molar refractivity (Wildman–Crippen MR) is 70.7 cm³/mol. The smallest absolute Gasteiger partial charge is 0.408 e. The van der Waals surface area contributed by atoms with Crippen molar-refractivity contribution in [2.75, 3.05) is 13.3 Å². The Bertz CT molecular complexity index is 591. The largest absolute Gasteiger partial charge is 0.454 e. The molecule has 0 bridgehead atoms. The van der Waals surface area contributed by atoms with Crippen molar-refractivity contribution in [1.29, 1.82) is 0 Å². The van der Waals surface area contributed by atoms with Crippen LogP contribution in [0.3, 0.4) is 0 Å². The summed E-state index contributed by atoms with van der Waals surface area (Å²) in [5, 5.41) is 0. The lowest BCUT2D eigenvalue weighted by Crippen LogP contribution is -2.56. The molecule has 3 rings (SSSR count). The summed E-state index contributed by atoms with van der Waals surface area (Å²) in [5.74, 6) is -0.192. The molecule has 8 heteroatoms. The third-order valence-electron chi connectivity index (χ3n) is 3.88. The molecule has 1 aromatic carbocycles. The Balaban J connectivity index is 1.94. The van der Waals surface area contributed by atoms with Gasteiger partial charge >= 0.3 is 6.18 Å². The number of halogens is 3. The monoisotopic (exact) mass is 316 g/mol. The standard InChI is InChI=1S/C14H15F3N2O3/c15-14(16,17)11-5-4-8(18)6-19(11)13(20)9-2-1-3-10-12(9)22-7-21-10/h1-3,8,11H,4-7,18H2/t8-,11-/m1/s1. The zero-order chi connectivity index (χ0) is 15.9. The van der Waals surface area contributed by atoms with Gasteiger partial charge in [-0.15, -0.1) is 0 Å². The fourth-order valence-corrected chi connectivity index (χ4v) is 2.82. The summed E-state index contributed by atoms with van der Waals surface area (Å²) in [4.78, 5) is 13.4. The number of rotatable bonds is 1. The van der Waals surface area contributed by atoms with Gasteiger partial charge in [-0.05, 0) is 25.0 Å². The van der Waals surface area contributed by atoms with Gasteiger partial charge in [-0.3, -0.25) is 4.79 Å². The lowest BCUT2D eigenvalue weighted by atomic mass is 9.97. The maximum atomic E-state index is 13.2. The van der Waals surface area contributed by atoms with Crippen LogP contribution in [0.4, 0.5) is 13.2 Å². The van der Waals surface area contributed by atoms with Crippen molar-refractivity contribution < 1.29 is 27.4 Å². The van der Waals surface area contributed by atoms with Gasteiger partial charge < -0.3 is 20.1 Å². The number of carbonyl (C=O) groups is 1. The highest BCUT2D eigenvalue weighted by Crippen LogP contribution is 2.38. The van der Waals surface area contributed by atoms with E-state index in [1.807, 2.05) is 0 Å². The fourth-order valence-electron chi connectivity index (χ4n) is 2.82. The van der Waals surface area contributed by atoms with Crippen LogP contribution in [0.2, 0.25) is 0 Å². The van der Waals surface area contributed by atoms with Gasteiger partial charge in [0.05, 0.1) is 5.56 Å². The molecule has 1 aromatic rings. The van der Waals surface area contributed by atoms with Crippen LogP contribution < -0.4 is 15.2 Å². The van der Waals surface area contributed by atoms with Crippen LogP contribution in [0.5, 0.6) is 11.5 Å². The first-order valence-electron chi connectivity index (χ1n) is 6.90. The first-order valence-corrected chi connectivity index (χ1v) is 6.90. The molecule has 0 radical (unpaired) electrons. The molecule has 0 aliphatic carbocycles. The summed E-state index contributed by atoms with van der Waals surface area (Å²) >= 11 is 0. The minimum atomic E-state index is -4.48. The molecule has 120 valence electrons. The van der Waals surface area contributed by atoms with E-state index in [9.17, 15) is 18.0 Å². The molecular formula is C14H15F3N2O3. The zero-order valence-corrected chi connectivity index (χ0v) is 11.6. The zero-order valence-electron chi connectivity index (χ0n) is 11.6. The summed E-state index contributed by atoms with van der Waals surface area (Å²) in [7, 11) is 0. The van der Waals surface area contributed by atoms with Crippen LogP contribution in [0.1, 0.15) is 23.2 Å². The molecule has 2 aliphatic heterocycles. The van der Waals surface area contributed by atoms with E-state index in [0.717, 1.165) is 4.90 Å². The minimum absolute atomic E-state index is 0.0537. The average molecular weight is 316 g/mol. The molecule has 0 spiro atoms. The maximum Gasteiger partial charge on any atom is 0.408 e. The van der Waals surface area contributed by atoms with Gasteiger partial charge in [-0.25, -0.2) is 0 Å². The van der Waals surface area contributed by atoms with Crippen molar-refractivity contribution in [1.82, 2.24) is 4.90 Å². The molecule has 2 atom stereocenters. The number of hydrogen-bond donors (Lipinski definition) is 1. The molecule has 0 unspecified atom stereocenters. The van der Waals surface area contributed by atoms with Crippen LogP contribution in [-0.2, 0) is 0 Å². The van der Waals surface area contributed by atoms with E-state index >= 15 is 0 Å². The summed E-state index contributed by atoms with van der Waals surface area (Å²) < 4.78 is 49.9. The number of benzene rings is 1. The van der Waals surface area contributed by atoms with Gasteiger partial charge in [0, 0.05) is 12.6 Å². The molecule has 22 heavy (non-hydrogen) atoms. The average Bonchev–Trinajstić information content (AvgIpc) is 2.93. The Hall–Kier alpha value is -1.96. The van der Waals surface area contributed by atoms with Crippen LogP contribution in [0.15, 0.2) is 18.2 Å². The number of ether oxygens (including phenoxy) is 2. The van der Waals surface area contributed by atoms with Crippen LogP contribution in [-0.4, -0.2) is 42.4 Å². The summed E-state index contributed by atoms with van der Waals surface area (Å²) in [6, 6.07) is 2.30. The number of likely N-dealkylation sites (tertiary alicyclic amines) is 1. The molecule has 2 aliphatic rings. The third kappa shape index (κ3) is 2.58. The van der Waals surface area contributed by atoms with E-state index in [4.69, 9.17) is 15.2 Å². The number of nitrogens with two attached hydrogens (primary N) is 1. The number of carbonyl (C=O) groups excluding carboxylic acids is 1. The number of hydrogen-bond acceptors (Lipinski definition) is 4. The van der Waals surface area contributed by atoms with E-state index in [1.165, 1.54) is 6.07 Å². The minimum Gasteiger partial charge on any atom is -0.454 e. The quantitative estimate of drug-likeness (QED) is 0.859. The van der Waals surface area contributed by atoms with Gasteiger partial charge in [0.2, 0.25) is 6.79 Å². The lowest BCUT2D eigenvalue weighted by molar-refractivity contribution is -0.184. The summed E-state index contributed by atoms with van der Waals surface area (Å²) in [6.07, 6.45) is -4.44. The van der Waals surface area contributed by atoms with E-state index in [-0.39, 0.29) is 37.5 Å². The fraction of sp³-hybridized carbons (Fsp3) is 0.500. The highest BCUT2D eigenvalue weighted by Gasteiger charge is 2.48. The molecule has 2 N–H and O–H groups in total. The second-order valence-electron chi connectivity index (χ2n) is 5.39. The van der Waals surface area contributed by atoms with Gasteiger partial charge in [0.1, 0.15) is 6.04 Å². The van der Waals surface area contributed by atoms with E-state index < -0.39 is 24.2 Å². The molecule has 0 saturated carbocycles.